The van der Waals surface area contributed by atoms with Gasteiger partial charge in [-0.05, 0) is 42.7 Å². The maximum Gasteiger partial charge on any atom is 0.124 e. The van der Waals surface area contributed by atoms with Gasteiger partial charge in [0, 0.05) is 29.3 Å². The van der Waals surface area contributed by atoms with Gasteiger partial charge in [-0.2, -0.15) is 0 Å². The van der Waals surface area contributed by atoms with Gasteiger partial charge in [-0.1, -0.05) is 85.5 Å². The number of nitrogens with zero attached hydrogens (tertiary/aromatic N) is 1. The van der Waals surface area contributed by atoms with Crippen molar-refractivity contribution in [1.82, 2.24) is 10.3 Å². The number of nitrogens with one attached hydrogen (secondary N) is 1. The van der Waals surface area contributed by atoms with Gasteiger partial charge in [-0.25, -0.2) is 4.98 Å². The molecule has 3 rings (SSSR count). The second kappa shape index (κ2) is 11.1. The van der Waals surface area contributed by atoms with Crippen molar-refractivity contribution in [3.63, 3.8) is 0 Å². The molecule has 0 aliphatic rings. The van der Waals surface area contributed by atoms with Crippen molar-refractivity contribution in [3.05, 3.63) is 125 Å². The van der Waals surface area contributed by atoms with E-state index < -0.39 is 0 Å². The number of allylic oxidation sites excluding steroid dienone is 8. The Morgan fingerprint density at radius 2 is 1.71 bits per heavy atom. The monoisotopic (exact) mass is 424 g/mol. The molecule has 3 aromatic rings. The molecule has 156 valence electrons. The predicted octanol–water partition coefficient (Wildman–Crippen LogP) is 7.53. The van der Waals surface area contributed by atoms with Crippen LogP contribution in [0, 0.1) is 0 Å². The van der Waals surface area contributed by atoms with Crippen molar-refractivity contribution >= 4 is 23.0 Å². The highest BCUT2D eigenvalue weighted by molar-refractivity contribution is 7.13. The Morgan fingerprint density at radius 3 is 2.32 bits per heavy atom. The third-order valence-electron chi connectivity index (χ3n) is 5.00. The molecule has 0 spiro atoms. The lowest BCUT2D eigenvalue weighted by atomic mass is 9.97. The minimum absolute atomic E-state index is 0.955. The number of hydrogen-bond donors (Lipinski definition) is 1. The van der Waals surface area contributed by atoms with Gasteiger partial charge >= 0.3 is 0 Å². The van der Waals surface area contributed by atoms with Crippen LogP contribution in [0.2, 0.25) is 0 Å². The van der Waals surface area contributed by atoms with Crippen LogP contribution in [0.3, 0.4) is 0 Å². The first-order valence-electron chi connectivity index (χ1n) is 10.3. The molecule has 0 radical (unpaired) electrons. The molecule has 0 unspecified atom stereocenters. The fourth-order valence-electron chi connectivity index (χ4n) is 3.19. The lowest BCUT2D eigenvalue weighted by molar-refractivity contribution is 0.974. The molecule has 1 N–H and O–H groups in total. The van der Waals surface area contributed by atoms with Crippen LogP contribution < -0.4 is 5.32 Å². The van der Waals surface area contributed by atoms with E-state index in [1.807, 2.05) is 49.5 Å². The normalized spacial score (nSPS) is 13.3. The molecule has 2 aromatic carbocycles. The van der Waals surface area contributed by atoms with Crippen LogP contribution in [-0.4, -0.2) is 12.0 Å². The molecule has 0 saturated heterocycles. The Balaban J connectivity index is 1.93. The highest BCUT2D eigenvalue weighted by Gasteiger charge is 2.07. The van der Waals surface area contributed by atoms with Crippen molar-refractivity contribution < 1.29 is 0 Å². The number of aromatic nitrogens is 1. The summed E-state index contributed by atoms with van der Waals surface area (Å²) in [7, 11) is 1.95. The molecule has 2 nitrogen and oxygen atoms in total. The largest absolute Gasteiger partial charge is 0.391 e. The van der Waals surface area contributed by atoms with Crippen LogP contribution in [0.1, 0.15) is 25.1 Å². The molecule has 0 bridgehead atoms. The van der Waals surface area contributed by atoms with E-state index in [0.717, 1.165) is 44.2 Å². The van der Waals surface area contributed by atoms with Gasteiger partial charge in [0.15, 0.2) is 0 Å². The van der Waals surface area contributed by atoms with Crippen molar-refractivity contribution in [2.45, 2.75) is 13.8 Å². The Hall–Kier alpha value is -3.43. The summed E-state index contributed by atoms with van der Waals surface area (Å²) < 4.78 is 0. The quantitative estimate of drug-likeness (QED) is 0.378. The third-order valence-corrected chi connectivity index (χ3v) is 5.91. The molecule has 0 aliphatic heterocycles. The maximum atomic E-state index is 4.79. The van der Waals surface area contributed by atoms with E-state index in [9.17, 15) is 0 Å². The molecule has 0 fully saturated rings. The molecule has 0 aliphatic carbocycles. The Bertz CT molecular complexity index is 1130. The summed E-state index contributed by atoms with van der Waals surface area (Å²) in [6.07, 6.45) is 10.4. The SMILES string of the molecule is C=C\C(=C/C(=C\C)C(/C=C\c1csc(-c2ccccc2)n1)=C(/C)NC)c1ccccc1. The van der Waals surface area contributed by atoms with E-state index >= 15 is 0 Å². The highest BCUT2D eigenvalue weighted by atomic mass is 32.1. The zero-order chi connectivity index (χ0) is 22.1. The van der Waals surface area contributed by atoms with Crippen LogP contribution in [0.5, 0.6) is 0 Å². The first kappa shape index (κ1) is 22.3. The van der Waals surface area contributed by atoms with Gasteiger partial charge < -0.3 is 5.32 Å². The highest BCUT2D eigenvalue weighted by Crippen LogP contribution is 2.26. The Kier molecular flexibility index (Phi) is 7.97. The summed E-state index contributed by atoms with van der Waals surface area (Å²) in [5.41, 5.74) is 7.67. The van der Waals surface area contributed by atoms with Crippen LogP contribution >= 0.6 is 11.3 Å². The van der Waals surface area contributed by atoms with Crippen molar-refractivity contribution in [2.75, 3.05) is 7.05 Å². The number of rotatable bonds is 8. The van der Waals surface area contributed by atoms with E-state index in [2.05, 4.69) is 79.7 Å². The van der Waals surface area contributed by atoms with E-state index in [-0.39, 0.29) is 0 Å². The minimum Gasteiger partial charge on any atom is -0.391 e. The summed E-state index contributed by atoms with van der Waals surface area (Å²) in [5.74, 6) is 0. The summed E-state index contributed by atoms with van der Waals surface area (Å²) in [6, 6.07) is 20.6. The second-order valence-electron chi connectivity index (χ2n) is 6.98. The summed E-state index contributed by atoms with van der Waals surface area (Å²) in [5, 5.41) is 6.41. The minimum atomic E-state index is 0.955. The number of hydrogen-bond acceptors (Lipinski definition) is 3. The van der Waals surface area contributed by atoms with E-state index in [1.54, 1.807) is 11.3 Å². The van der Waals surface area contributed by atoms with Crippen molar-refractivity contribution in [3.8, 4) is 10.6 Å². The van der Waals surface area contributed by atoms with Gasteiger partial charge in [0.1, 0.15) is 5.01 Å². The predicted molar refractivity (Wildman–Crippen MR) is 137 cm³/mol. The molecule has 31 heavy (non-hydrogen) atoms. The first-order valence-corrected chi connectivity index (χ1v) is 11.2. The van der Waals surface area contributed by atoms with Gasteiger partial charge in [-0.15, -0.1) is 11.3 Å². The van der Waals surface area contributed by atoms with Gasteiger partial charge in [0.25, 0.3) is 0 Å². The smallest absolute Gasteiger partial charge is 0.124 e. The maximum absolute atomic E-state index is 4.79. The third kappa shape index (κ3) is 5.80. The van der Waals surface area contributed by atoms with Crippen LogP contribution in [0.25, 0.3) is 22.2 Å². The summed E-state index contributed by atoms with van der Waals surface area (Å²) in [4.78, 5) is 4.79. The fourth-order valence-corrected chi connectivity index (χ4v) is 3.99. The van der Waals surface area contributed by atoms with Crippen molar-refractivity contribution in [2.24, 2.45) is 0 Å². The number of benzene rings is 2. The standard InChI is InChI=1S/C28H28N2S/c1-5-22(24-13-9-7-10-14-24)19-23(6-2)27(21(3)29-4)18-17-26-20-31-28(30-26)25-15-11-8-12-16-25/h5-20,29H,1H2,2-4H3/b18-17-,22-19+,23-6+,27-21-. The van der Waals surface area contributed by atoms with Crippen LogP contribution in [-0.2, 0) is 0 Å². The zero-order valence-corrected chi connectivity index (χ0v) is 19.1. The van der Waals surface area contributed by atoms with Crippen LogP contribution in [0.15, 0.2) is 114 Å². The van der Waals surface area contributed by atoms with Gasteiger partial charge in [0.05, 0.1) is 5.69 Å². The topological polar surface area (TPSA) is 24.9 Å². The summed E-state index contributed by atoms with van der Waals surface area (Å²) in [6.45, 7) is 8.17. The molecule has 0 atom stereocenters. The van der Waals surface area contributed by atoms with E-state index in [1.165, 1.54) is 0 Å². The lowest BCUT2D eigenvalue weighted by Crippen LogP contribution is -2.06. The molecule has 1 heterocycles. The van der Waals surface area contributed by atoms with Crippen LogP contribution in [0.4, 0.5) is 0 Å². The molecule has 1 aromatic heterocycles. The first-order chi connectivity index (χ1) is 15.2. The second-order valence-corrected chi connectivity index (χ2v) is 7.84. The van der Waals surface area contributed by atoms with Crippen molar-refractivity contribution in [1.29, 1.82) is 0 Å². The molecular formula is C28H28N2S. The molecular weight excluding hydrogens is 396 g/mol. The molecule has 0 saturated carbocycles. The fraction of sp³-hybridized carbons (Fsp3) is 0.107. The van der Waals surface area contributed by atoms with Gasteiger partial charge in [-0.3, -0.25) is 0 Å². The summed E-state index contributed by atoms with van der Waals surface area (Å²) >= 11 is 1.66. The molecule has 0 amide bonds. The van der Waals surface area contributed by atoms with E-state index in [0.29, 0.717) is 0 Å². The lowest BCUT2D eigenvalue weighted by Gasteiger charge is -2.11. The van der Waals surface area contributed by atoms with Gasteiger partial charge in [0.2, 0.25) is 0 Å². The Labute approximate surface area is 189 Å². The Morgan fingerprint density at radius 1 is 1.03 bits per heavy atom. The average molecular weight is 425 g/mol. The number of thiazole rings is 1. The van der Waals surface area contributed by atoms with E-state index in [4.69, 9.17) is 4.98 Å². The molecule has 3 heteroatoms. The average Bonchev–Trinajstić information content (AvgIpc) is 3.31. The zero-order valence-electron chi connectivity index (χ0n) is 18.3.